The number of rotatable bonds is 1. The van der Waals surface area contributed by atoms with Gasteiger partial charge in [0.25, 0.3) is 0 Å². The summed E-state index contributed by atoms with van der Waals surface area (Å²) in [5.41, 5.74) is 0.268. The summed E-state index contributed by atoms with van der Waals surface area (Å²) in [6.45, 7) is 8.81. The average molecular weight is 185 g/mol. The van der Waals surface area contributed by atoms with Gasteiger partial charge in [0.2, 0.25) is 0 Å². The fourth-order valence-electron chi connectivity index (χ4n) is 3.26. The fraction of sp³-hybridized carbons (Fsp3) is 1.00. The topological polar surface area (TPSA) is 3.24 Å². The van der Waals surface area contributed by atoms with Crippen molar-refractivity contribution in [2.45, 2.75) is 58.2 Å². The van der Waals surface area contributed by atoms with E-state index in [9.17, 15) is 4.39 Å². The Labute approximate surface area is 80.3 Å². The second kappa shape index (κ2) is 2.47. The van der Waals surface area contributed by atoms with Crippen molar-refractivity contribution in [1.82, 2.24) is 4.90 Å². The van der Waals surface area contributed by atoms with E-state index in [4.69, 9.17) is 0 Å². The average Bonchev–Trinajstić information content (AvgIpc) is 2.55. The number of hydrogen-bond acceptors (Lipinski definition) is 1. The van der Waals surface area contributed by atoms with Crippen molar-refractivity contribution in [2.75, 3.05) is 6.67 Å². The summed E-state index contributed by atoms with van der Waals surface area (Å²) in [6.07, 6.45) is 2.15. The minimum Gasteiger partial charge on any atom is -0.292 e. The van der Waals surface area contributed by atoms with Crippen LogP contribution in [0.3, 0.4) is 0 Å². The quantitative estimate of drug-likeness (QED) is 0.607. The standard InChI is InChI=1S/C11H20FN/c1-8-5-11(7-12)6-9(11)13(8)10(2,3)4/h8-9H,5-7H2,1-4H3/t8-,9?,11+/m1/s1. The van der Waals surface area contributed by atoms with Crippen molar-refractivity contribution < 1.29 is 4.39 Å². The van der Waals surface area contributed by atoms with Gasteiger partial charge in [0.15, 0.2) is 0 Å². The summed E-state index contributed by atoms with van der Waals surface area (Å²) in [7, 11) is 0. The molecule has 0 aromatic heterocycles. The number of nitrogens with zero attached hydrogens (tertiary/aromatic N) is 1. The highest BCUT2D eigenvalue weighted by Crippen LogP contribution is 2.61. The second-order valence-electron chi connectivity index (χ2n) is 5.85. The highest BCUT2D eigenvalue weighted by Gasteiger charge is 2.65. The van der Waals surface area contributed by atoms with Crippen LogP contribution in [0, 0.1) is 5.41 Å². The van der Waals surface area contributed by atoms with E-state index >= 15 is 0 Å². The van der Waals surface area contributed by atoms with Crippen LogP contribution >= 0.6 is 0 Å². The van der Waals surface area contributed by atoms with Crippen molar-refractivity contribution in [3.63, 3.8) is 0 Å². The Morgan fingerprint density at radius 1 is 1.38 bits per heavy atom. The molecule has 2 heteroatoms. The van der Waals surface area contributed by atoms with E-state index < -0.39 is 0 Å². The Bertz CT molecular complexity index is 221. The van der Waals surface area contributed by atoms with Gasteiger partial charge < -0.3 is 0 Å². The monoisotopic (exact) mass is 185 g/mol. The molecule has 1 aliphatic heterocycles. The Morgan fingerprint density at radius 3 is 2.31 bits per heavy atom. The van der Waals surface area contributed by atoms with Crippen LogP contribution in [-0.4, -0.2) is 29.2 Å². The number of alkyl halides is 1. The van der Waals surface area contributed by atoms with Crippen molar-refractivity contribution in [3.05, 3.63) is 0 Å². The Morgan fingerprint density at radius 2 is 2.00 bits per heavy atom. The molecule has 1 saturated carbocycles. The third-order valence-corrected chi connectivity index (χ3v) is 3.70. The molecule has 3 atom stereocenters. The molecule has 2 rings (SSSR count). The molecule has 0 radical (unpaired) electrons. The van der Waals surface area contributed by atoms with Crippen LogP contribution in [0.15, 0.2) is 0 Å². The first-order valence-electron chi connectivity index (χ1n) is 5.25. The number of hydrogen-bond donors (Lipinski definition) is 0. The zero-order valence-corrected chi connectivity index (χ0v) is 9.10. The maximum Gasteiger partial charge on any atom is 0.0966 e. The Balaban J connectivity index is 2.16. The lowest BCUT2D eigenvalue weighted by molar-refractivity contribution is 0.104. The molecule has 1 nitrogen and oxygen atoms in total. The third-order valence-electron chi connectivity index (χ3n) is 3.70. The lowest BCUT2D eigenvalue weighted by atomic mass is 10.0. The van der Waals surface area contributed by atoms with E-state index in [1.165, 1.54) is 0 Å². The Kier molecular flexibility index (Phi) is 1.80. The second-order valence-corrected chi connectivity index (χ2v) is 5.85. The van der Waals surface area contributed by atoms with Gasteiger partial charge in [-0.15, -0.1) is 0 Å². The van der Waals surface area contributed by atoms with Crippen molar-refractivity contribution in [3.8, 4) is 0 Å². The summed E-state index contributed by atoms with van der Waals surface area (Å²) in [4.78, 5) is 2.51. The lowest BCUT2D eigenvalue weighted by Crippen LogP contribution is -2.45. The first kappa shape index (κ1) is 9.45. The molecule has 0 N–H and O–H groups in total. The summed E-state index contributed by atoms with van der Waals surface area (Å²) in [5.74, 6) is 0. The molecule has 0 spiro atoms. The van der Waals surface area contributed by atoms with E-state index in [-0.39, 0.29) is 17.6 Å². The number of likely N-dealkylation sites (tertiary alicyclic amines) is 1. The SMILES string of the molecule is C[C@@H]1C[C@@]2(CF)CC2N1C(C)(C)C. The maximum absolute atomic E-state index is 12.8. The predicted molar refractivity (Wildman–Crippen MR) is 52.5 cm³/mol. The van der Waals surface area contributed by atoms with Crippen molar-refractivity contribution >= 4 is 0 Å². The summed E-state index contributed by atoms with van der Waals surface area (Å²) in [5, 5.41) is 0. The zero-order chi connectivity index (χ0) is 9.85. The molecule has 1 heterocycles. The maximum atomic E-state index is 12.8. The summed E-state index contributed by atoms with van der Waals surface area (Å²) in [6, 6.07) is 1.10. The van der Waals surface area contributed by atoms with Gasteiger partial charge in [-0.3, -0.25) is 9.29 Å². The first-order valence-corrected chi connectivity index (χ1v) is 5.25. The minimum atomic E-state index is -0.116. The molecule has 1 aliphatic carbocycles. The van der Waals surface area contributed by atoms with Gasteiger partial charge in [-0.25, -0.2) is 0 Å². The minimum absolute atomic E-state index is 0.0622. The van der Waals surface area contributed by atoms with Crippen LogP contribution in [-0.2, 0) is 0 Å². The molecule has 0 aromatic rings. The van der Waals surface area contributed by atoms with Crippen LogP contribution in [0.25, 0.3) is 0 Å². The first-order chi connectivity index (χ1) is 5.91. The van der Waals surface area contributed by atoms with Crippen LogP contribution < -0.4 is 0 Å². The van der Waals surface area contributed by atoms with E-state index in [1.807, 2.05) is 0 Å². The highest BCUT2D eigenvalue weighted by atomic mass is 19.1. The molecule has 1 unspecified atom stereocenters. The lowest BCUT2D eigenvalue weighted by Gasteiger charge is -2.37. The van der Waals surface area contributed by atoms with Crippen molar-refractivity contribution in [2.24, 2.45) is 5.41 Å². The molecule has 76 valence electrons. The fourth-order valence-corrected chi connectivity index (χ4v) is 3.26. The van der Waals surface area contributed by atoms with Gasteiger partial charge >= 0.3 is 0 Å². The van der Waals surface area contributed by atoms with Crippen molar-refractivity contribution in [1.29, 1.82) is 0 Å². The van der Waals surface area contributed by atoms with Gasteiger partial charge in [0.05, 0.1) is 6.67 Å². The largest absolute Gasteiger partial charge is 0.292 e. The van der Waals surface area contributed by atoms with Gasteiger partial charge in [-0.1, -0.05) is 0 Å². The number of piperidine rings is 1. The zero-order valence-electron chi connectivity index (χ0n) is 9.10. The predicted octanol–water partition coefficient (Wildman–Crippen LogP) is 2.61. The van der Waals surface area contributed by atoms with Crippen LogP contribution in [0.4, 0.5) is 4.39 Å². The molecule has 2 aliphatic rings. The van der Waals surface area contributed by atoms with E-state index in [1.54, 1.807) is 0 Å². The highest BCUT2D eigenvalue weighted by molar-refractivity contribution is 5.18. The smallest absolute Gasteiger partial charge is 0.0966 e. The molecule has 13 heavy (non-hydrogen) atoms. The van der Waals surface area contributed by atoms with E-state index in [2.05, 4.69) is 32.6 Å². The molecular formula is C11H20FN. The van der Waals surface area contributed by atoms with Gasteiger partial charge in [-0.2, -0.15) is 0 Å². The molecule has 2 fully saturated rings. The summed E-state index contributed by atoms with van der Waals surface area (Å²) >= 11 is 0. The van der Waals surface area contributed by atoms with Crippen LogP contribution in [0.5, 0.6) is 0 Å². The normalized spacial score (nSPS) is 45.0. The third kappa shape index (κ3) is 1.22. The number of halogens is 1. The summed E-state index contributed by atoms with van der Waals surface area (Å²) < 4.78 is 12.8. The van der Waals surface area contributed by atoms with Gasteiger partial charge in [-0.05, 0) is 40.5 Å². The molecule has 0 aromatic carbocycles. The van der Waals surface area contributed by atoms with Gasteiger partial charge in [0.1, 0.15) is 0 Å². The Hall–Kier alpha value is -0.110. The molecule has 0 bridgehead atoms. The van der Waals surface area contributed by atoms with E-state index in [0.29, 0.717) is 12.1 Å². The molecule has 0 amide bonds. The molecular weight excluding hydrogens is 165 g/mol. The number of fused-ring (bicyclic) bond motifs is 1. The van der Waals surface area contributed by atoms with Gasteiger partial charge in [0, 0.05) is 23.0 Å². The molecule has 1 saturated heterocycles. The van der Waals surface area contributed by atoms with E-state index in [0.717, 1.165) is 12.8 Å². The van der Waals surface area contributed by atoms with Crippen LogP contribution in [0.2, 0.25) is 0 Å². The van der Waals surface area contributed by atoms with Crippen LogP contribution in [0.1, 0.15) is 40.5 Å².